The van der Waals surface area contributed by atoms with Gasteiger partial charge in [-0.15, -0.1) is 0 Å². The smallest absolute Gasteiger partial charge is 0.106 e. The maximum Gasteiger partial charge on any atom is 0.106 e. The summed E-state index contributed by atoms with van der Waals surface area (Å²) in [6.07, 6.45) is 7.24. The number of nitrogens with two attached hydrogens (primary N) is 1. The van der Waals surface area contributed by atoms with Gasteiger partial charge in [-0.3, -0.25) is 4.98 Å². The summed E-state index contributed by atoms with van der Waals surface area (Å²) < 4.78 is 0. The van der Waals surface area contributed by atoms with Gasteiger partial charge in [-0.05, 0) is 31.2 Å². The van der Waals surface area contributed by atoms with Crippen molar-refractivity contribution in [2.24, 2.45) is 11.7 Å². The molecular formula is C12H17N3S. The second kappa shape index (κ2) is 4.78. The zero-order valence-electron chi connectivity index (χ0n) is 9.44. The van der Waals surface area contributed by atoms with E-state index in [9.17, 15) is 0 Å². The first-order valence-electron chi connectivity index (χ1n) is 5.67. The standard InChI is InChI=1S/C12H17N3S/c1-8-2-3-9(6-8)15-11-7-14-5-4-10(11)12(13)16/h4-5,7-9,15H,2-3,6H2,1H3,(H2,13,16). The normalized spacial score (nSPS) is 24.3. The van der Waals surface area contributed by atoms with Crippen LogP contribution in [-0.4, -0.2) is 16.0 Å². The van der Waals surface area contributed by atoms with Crippen molar-refractivity contribution >= 4 is 22.9 Å². The summed E-state index contributed by atoms with van der Waals surface area (Å²) in [5.41, 5.74) is 7.54. The SMILES string of the molecule is CC1CCC(Nc2cnccc2C(N)=S)C1. The molecule has 0 aliphatic heterocycles. The molecule has 0 radical (unpaired) electrons. The van der Waals surface area contributed by atoms with Gasteiger partial charge >= 0.3 is 0 Å². The fraction of sp³-hybridized carbons (Fsp3) is 0.500. The summed E-state index contributed by atoms with van der Waals surface area (Å²) in [5, 5.41) is 3.49. The van der Waals surface area contributed by atoms with E-state index in [4.69, 9.17) is 18.0 Å². The Balaban J connectivity index is 2.12. The Morgan fingerprint density at radius 1 is 1.56 bits per heavy atom. The lowest BCUT2D eigenvalue weighted by Gasteiger charge is -2.16. The van der Waals surface area contributed by atoms with Gasteiger partial charge in [0.2, 0.25) is 0 Å². The molecule has 2 rings (SSSR count). The van der Waals surface area contributed by atoms with Gasteiger partial charge in [0, 0.05) is 17.8 Å². The molecule has 4 heteroatoms. The molecule has 1 fully saturated rings. The number of nitrogens with zero attached hydrogens (tertiary/aromatic N) is 1. The van der Waals surface area contributed by atoms with Gasteiger partial charge in [0.15, 0.2) is 0 Å². The molecule has 16 heavy (non-hydrogen) atoms. The number of nitrogens with one attached hydrogen (secondary N) is 1. The lowest BCUT2D eigenvalue weighted by atomic mass is 10.1. The first-order valence-corrected chi connectivity index (χ1v) is 6.08. The summed E-state index contributed by atoms with van der Waals surface area (Å²) >= 11 is 5.02. The molecule has 1 heterocycles. The molecule has 2 atom stereocenters. The minimum atomic E-state index is 0.427. The molecule has 0 aromatic carbocycles. The highest BCUT2D eigenvalue weighted by Crippen LogP contribution is 2.28. The quantitative estimate of drug-likeness (QED) is 0.789. The summed E-state index contributed by atoms with van der Waals surface area (Å²) in [6.45, 7) is 2.29. The van der Waals surface area contributed by atoms with Crippen molar-refractivity contribution < 1.29 is 0 Å². The van der Waals surface area contributed by atoms with E-state index in [2.05, 4.69) is 17.2 Å². The topological polar surface area (TPSA) is 50.9 Å². The van der Waals surface area contributed by atoms with Crippen molar-refractivity contribution in [1.29, 1.82) is 0 Å². The summed E-state index contributed by atoms with van der Waals surface area (Å²) in [6, 6.07) is 2.40. The lowest BCUT2D eigenvalue weighted by Crippen LogP contribution is -2.19. The Bertz CT molecular complexity index is 392. The van der Waals surface area contributed by atoms with Crippen molar-refractivity contribution in [1.82, 2.24) is 4.98 Å². The van der Waals surface area contributed by atoms with Crippen LogP contribution in [0.15, 0.2) is 18.5 Å². The molecule has 3 nitrogen and oxygen atoms in total. The van der Waals surface area contributed by atoms with Crippen LogP contribution in [0.2, 0.25) is 0 Å². The minimum Gasteiger partial charge on any atom is -0.389 e. The molecule has 1 saturated carbocycles. The highest BCUT2D eigenvalue weighted by Gasteiger charge is 2.21. The number of hydrogen-bond acceptors (Lipinski definition) is 3. The van der Waals surface area contributed by atoms with Crippen LogP contribution < -0.4 is 11.1 Å². The van der Waals surface area contributed by atoms with E-state index in [-0.39, 0.29) is 0 Å². The molecule has 1 aromatic rings. The van der Waals surface area contributed by atoms with E-state index in [1.807, 2.05) is 6.07 Å². The van der Waals surface area contributed by atoms with Crippen molar-refractivity contribution in [3.63, 3.8) is 0 Å². The zero-order chi connectivity index (χ0) is 11.5. The molecule has 2 unspecified atom stereocenters. The largest absolute Gasteiger partial charge is 0.389 e. The van der Waals surface area contributed by atoms with E-state index < -0.39 is 0 Å². The molecular weight excluding hydrogens is 218 g/mol. The average Bonchev–Trinajstić information content (AvgIpc) is 2.64. The summed E-state index contributed by atoms with van der Waals surface area (Å²) in [5.74, 6) is 0.808. The first-order chi connectivity index (χ1) is 7.66. The van der Waals surface area contributed by atoms with Gasteiger partial charge in [0.1, 0.15) is 4.99 Å². The van der Waals surface area contributed by atoms with E-state index >= 15 is 0 Å². The second-order valence-corrected chi connectivity index (χ2v) is 4.98. The molecule has 1 aromatic heterocycles. The minimum absolute atomic E-state index is 0.427. The third kappa shape index (κ3) is 2.50. The van der Waals surface area contributed by atoms with Crippen molar-refractivity contribution in [3.05, 3.63) is 24.0 Å². The van der Waals surface area contributed by atoms with E-state index in [1.165, 1.54) is 19.3 Å². The van der Waals surface area contributed by atoms with Gasteiger partial charge in [0.05, 0.1) is 11.9 Å². The van der Waals surface area contributed by atoms with Crippen molar-refractivity contribution in [2.45, 2.75) is 32.2 Å². The van der Waals surface area contributed by atoms with Gasteiger partial charge < -0.3 is 11.1 Å². The van der Waals surface area contributed by atoms with Gasteiger partial charge in [-0.2, -0.15) is 0 Å². The number of thiocarbonyl (C=S) groups is 1. The first kappa shape index (κ1) is 11.3. The molecule has 1 aliphatic carbocycles. The highest BCUT2D eigenvalue weighted by atomic mass is 32.1. The van der Waals surface area contributed by atoms with Gasteiger partial charge in [0.25, 0.3) is 0 Å². The Hall–Kier alpha value is -1.16. The second-order valence-electron chi connectivity index (χ2n) is 4.54. The third-order valence-electron chi connectivity index (χ3n) is 3.14. The van der Waals surface area contributed by atoms with Crippen LogP contribution >= 0.6 is 12.2 Å². The van der Waals surface area contributed by atoms with Crippen LogP contribution in [0.4, 0.5) is 5.69 Å². The van der Waals surface area contributed by atoms with Crippen molar-refractivity contribution in [3.8, 4) is 0 Å². The third-order valence-corrected chi connectivity index (χ3v) is 3.36. The molecule has 1 aliphatic rings. The van der Waals surface area contributed by atoms with Crippen LogP contribution in [-0.2, 0) is 0 Å². The lowest BCUT2D eigenvalue weighted by molar-refractivity contribution is 0.602. The molecule has 0 saturated heterocycles. The fourth-order valence-electron chi connectivity index (χ4n) is 2.28. The van der Waals surface area contributed by atoms with E-state index in [0.29, 0.717) is 11.0 Å². The monoisotopic (exact) mass is 235 g/mol. The Labute approximate surface area is 101 Å². The van der Waals surface area contributed by atoms with Crippen LogP contribution in [0.3, 0.4) is 0 Å². The maximum absolute atomic E-state index is 5.68. The predicted octanol–water partition coefficient (Wildman–Crippen LogP) is 2.32. The number of pyridine rings is 1. The van der Waals surface area contributed by atoms with Crippen LogP contribution in [0, 0.1) is 5.92 Å². The Morgan fingerprint density at radius 2 is 2.38 bits per heavy atom. The number of hydrogen-bond donors (Lipinski definition) is 2. The van der Waals surface area contributed by atoms with Gasteiger partial charge in [-0.25, -0.2) is 0 Å². The molecule has 0 spiro atoms. The molecule has 0 bridgehead atoms. The fourth-order valence-corrected chi connectivity index (χ4v) is 2.46. The Morgan fingerprint density at radius 3 is 3.00 bits per heavy atom. The summed E-state index contributed by atoms with van der Waals surface area (Å²) in [4.78, 5) is 4.54. The predicted molar refractivity (Wildman–Crippen MR) is 70.6 cm³/mol. The van der Waals surface area contributed by atoms with Gasteiger partial charge in [-0.1, -0.05) is 19.1 Å². The summed E-state index contributed by atoms with van der Waals surface area (Å²) in [7, 11) is 0. The highest BCUT2D eigenvalue weighted by molar-refractivity contribution is 7.80. The maximum atomic E-state index is 5.68. The molecule has 86 valence electrons. The molecule has 3 N–H and O–H groups in total. The van der Waals surface area contributed by atoms with Crippen molar-refractivity contribution in [2.75, 3.05) is 5.32 Å². The van der Waals surface area contributed by atoms with Crippen LogP contribution in [0.25, 0.3) is 0 Å². The average molecular weight is 235 g/mol. The van der Waals surface area contributed by atoms with Crippen LogP contribution in [0.5, 0.6) is 0 Å². The number of rotatable bonds is 3. The van der Waals surface area contributed by atoms with E-state index in [1.54, 1.807) is 12.4 Å². The number of anilines is 1. The zero-order valence-corrected chi connectivity index (χ0v) is 10.3. The van der Waals surface area contributed by atoms with Crippen LogP contribution in [0.1, 0.15) is 31.7 Å². The van der Waals surface area contributed by atoms with E-state index in [0.717, 1.165) is 17.2 Å². The molecule has 0 amide bonds. The number of aromatic nitrogens is 1. The Kier molecular flexibility index (Phi) is 3.39.